The van der Waals surface area contributed by atoms with Crippen molar-refractivity contribution in [2.45, 2.75) is 6.18 Å². The van der Waals surface area contributed by atoms with Crippen molar-refractivity contribution in [3.8, 4) is 0 Å². The maximum atomic E-state index is 12.7. The number of rotatable bonds is 2. The quantitative estimate of drug-likeness (QED) is 0.907. The fraction of sp³-hybridized carbons (Fsp3) is 0.462. The molecule has 1 N–H and O–H groups in total. The number of nitrogens with one attached hydrogen (secondary N) is 1. The van der Waals surface area contributed by atoms with Crippen molar-refractivity contribution >= 4 is 11.6 Å². The highest BCUT2D eigenvalue weighted by atomic mass is 19.4. The summed E-state index contributed by atoms with van der Waals surface area (Å²) in [4.78, 5) is 13.8. The summed E-state index contributed by atoms with van der Waals surface area (Å²) in [6.07, 6.45) is -4.47. The number of nitrogens with zero attached hydrogens (tertiary/aromatic N) is 1. The van der Waals surface area contributed by atoms with Gasteiger partial charge >= 0.3 is 6.18 Å². The van der Waals surface area contributed by atoms with Crippen LogP contribution >= 0.6 is 0 Å². The molecule has 4 nitrogen and oxygen atoms in total. The Labute approximate surface area is 114 Å². The topological polar surface area (TPSA) is 41.6 Å². The number of hydrogen-bond donors (Lipinski definition) is 1. The van der Waals surface area contributed by atoms with Gasteiger partial charge in [-0.15, -0.1) is 0 Å². The molecule has 1 heterocycles. The molecule has 2 rings (SSSR count). The summed E-state index contributed by atoms with van der Waals surface area (Å²) in [6, 6.07) is 3.13. The van der Waals surface area contributed by atoms with Crippen LogP contribution in [0.2, 0.25) is 0 Å². The van der Waals surface area contributed by atoms with Crippen molar-refractivity contribution < 1.29 is 22.7 Å². The van der Waals surface area contributed by atoms with Crippen LogP contribution in [0.3, 0.4) is 0 Å². The molecule has 1 aliphatic rings. The van der Waals surface area contributed by atoms with Crippen LogP contribution in [0.4, 0.5) is 18.9 Å². The van der Waals surface area contributed by atoms with Gasteiger partial charge in [0.15, 0.2) is 0 Å². The Morgan fingerprint density at radius 2 is 1.95 bits per heavy atom. The zero-order valence-electron chi connectivity index (χ0n) is 11.0. The van der Waals surface area contributed by atoms with Crippen molar-refractivity contribution in [3.63, 3.8) is 0 Å². The second-order valence-electron chi connectivity index (χ2n) is 4.41. The number of halogens is 3. The van der Waals surface area contributed by atoms with Crippen LogP contribution in [0.1, 0.15) is 15.9 Å². The Kier molecular flexibility index (Phi) is 4.17. The van der Waals surface area contributed by atoms with Crippen LogP contribution in [0, 0.1) is 0 Å². The minimum absolute atomic E-state index is 0.0317. The molecule has 0 spiro atoms. The number of ether oxygens (including phenoxy) is 1. The number of amides is 1. The number of alkyl halides is 3. The average molecular weight is 288 g/mol. The summed E-state index contributed by atoms with van der Waals surface area (Å²) in [5.41, 5.74) is -0.410. The molecule has 20 heavy (non-hydrogen) atoms. The van der Waals surface area contributed by atoms with Crippen LogP contribution in [-0.4, -0.2) is 44.2 Å². The van der Waals surface area contributed by atoms with Crippen molar-refractivity contribution in [1.82, 2.24) is 4.90 Å². The van der Waals surface area contributed by atoms with E-state index in [9.17, 15) is 18.0 Å². The third-order valence-electron chi connectivity index (χ3n) is 3.14. The van der Waals surface area contributed by atoms with Crippen molar-refractivity contribution in [3.05, 3.63) is 29.3 Å². The molecule has 110 valence electrons. The van der Waals surface area contributed by atoms with Gasteiger partial charge in [0.2, 0.25) is 0 Å². The standard InChI is InChI=1S/C13H15F3N2O2/c1-17-11-3-2-9(13(14,15)16)8-10(11)12(19)18-4-6-20-7-5-18/h2-3,8,17H,4-7H2,1H3. The summed E-state index contributed by atoms with van der Waals surface area (Å²) < 4.78 is 43.4. The van der Waals surface area contributed by atoms with E-state index in [-0.39, 0.29) is 5.56 Å². The predicted molar refractivity (Wildman–Crippen MR) is 67.7 cm³/mol. The zero-order chi connectivity index (χ0) is 14.8. The molecular weight excluding hydrogens is 273 g/mol. The molecule has 1 aliphatic heterocycles. The third kappa shape index (κ3) is 3.04. The highest BCUT2D eigenvalue weighted by Crippen LogP contribution is 2.32. The van der Waals surface area contributed by atoms with Gasteiger partial charge in [0.05, 0.1) is 24.3 Å². The van der Waals surface area contributed by atoms with Crippen molar-refractivity contribution in [1.29, 1.82) is 0 Å². The van der Waals surface area contributed by atoms with E-state index in [1.807, 2.05) is 0 Å². The maximum Gasteiger partial charge on any atom is 0.416 e. The molecule has 1 fully saturated rings. The first kappa shape index (κ1) is 14.6. The van der Waals surface area contributed by atoms with Crippen LogP contribution in [-0.2, 0) is 10.9 Å². The predicted octanol–water partition coefficient (Wildman–Crippen LogP) is 2.22. The normalized spacial score (nSPS) is 16.1. The Bertz CT molecular complexity index is 497. The second-order valence-corrected chi connectivity index (χ2v) is 4.41. The average Bonchev–Trinajstić information content (AvgIpc) is 2.45. The fourth-order valence-electron chi connectivity index (χ4n) is 2.05. The first-order valence-corrected chi connectivity index (χ1v) is 6.19. The number of anilines is 1. The largest absolute Gasteiger partial charge is 0.416 e. The van der Waals surface area contributed by atoms with E-state index in [2.05, 4.69) is 5.32 Å². The van der Waals surface area contributed by atoms with Crippen molar-refractivity contribution in [2.24, 2.45) is 0 Å². The molecule has 1 saturated heterocycles. The minimum Gasteiger partial charge on any atom is -0.387 e. The lowest BCUT2D eigenvalue weighted by molar-refractivity contribution is -0.137. The lowest BCUT2D eigenvalue weighted by Crippen LogP contribution is -2.41. The highest BCUT2D eigenvalue weighted by Gasteiger charge is 2.32. The Hall–Kier alpha value is -1.76. The molecular formula is C13H15F3N2O2. The SMILES string of the molecule is CNc1ccc(C(F)(F)F)cc1C(=O)N1CCOCC1. The lowest BCUT2D eigenvalue weighted by Gasteiger charge is -2.27. The number of carbonyl (C=O) groups is 1. The molecule has 0 radical (unpaired) electrons. The molecule has 0 saturated carbocycles. The van der Waals surface area contributed by atoms with E-state index in [4.69, 9.17) is 4.74 Å². The molecule has 0 aromatic heterocycles. The lowest BCUT2D eigenvalue weighted by atomic mass is 10.1. The number of benzene rings is 1. The van der Waals surface area contributed by atoms with Gasteiger partial charge in [-0.05, 0) is 18.2 Å². The molecule has 1 amide bonds. The fourth-order valence-corrected chi connectivity index (χ4v) is 2.05. The van der Waals surface area contributed by atoms with Crippen LogP contribution in [0.5, 0.6) is 0 Å². The molecule has 1 aromatic rings. The smallest absolute Gasteiger partial charge is 0.387 e. The van der Waals surface area contributed by atoms with E-state index in [1.165, 1.54) is 11.0 Å². The van der Waals surface area contributed by atoms with Crippen LogP contribution in [0.25, 0.3) is 0 Å². The molecule has 0 unspecified atom stereocenters. The number of hydrogen-bond acceptors (Lipinski definition) is 3. The van der Waals surface area contributed by atoms with Gasteiger partial charge in [-0.3, -0.25) is 4.79 Å². The number of carbonyl (C=O) groups excluding carboxylic acids is 1. The Balaban J connectivity index is 2.34. The molecule has 1 aromatic carbocycles. The van der Waals surface area contributed by atoms with Gasteiger partial charge < -0.3 is 15.0 Å². The van der Waals surface area contributed by atoms with Gasteiger partial charge in [-0.25, -0.2) is 0 Å². The van der Waals surface area contributed by atoms with E-state index in [1.54, 1.807) is 7.05 Å². The van der Waals surface area contributed by atoms with Crippen LogP contribution in [0.15, 0.2) is 18.2 Å². The third-order valence-corrected chi connectivity index (χ3v) is 3.14. The van der Waals surface area contributed by atoms with E-state index in [0.29, 0.717) is 32.0 Å². The maximum absolute atomic E-state index is 12.7. The van der Waals surface area contributed by atoms with Crippen LogP contribution < -0.4 is 5.32 Å². The van der Waals surface area contributed by atoms with E-state index in [0.717, 1.165) is 12.1 Å². The monoisotopic (exact) mass is 288 g/mol. The zero-order valence-corrected chi connectivity index (χ0v) is 11.0. The first-order chi connectivity index (χ1) is 9.43. The Morgan fingerprint density at radius 3 is 2.50 bits per heavy atom. The highest BCUT2D eigenvalue weighted by molar-refractivity contribution is 5.99. The summed E-state index contributed by atoms with van der Waals surface area (Å²) in [6.45, 7) is 1.58. The van der Waals surface area contributed by atoms with E-state index >= 15 is 0 Å². The Morgan fingerprint density at radius 1 is 1.30 bits per heavy atom. The summed E-state index contributed by atoms with van der Waals surface area (Å²) in [5, 5.41) is 2.75. The summed E-state index contributed by atoms with van der Waals surface area (Å²) >= 11 is 0. The number of morpholine rings is 1. The van der Waals surface area contributed by atoms with Gasteiger partial charge in [0.25, 0.3) is 5.91 Å². The molecule has 0 aliphatic carbocycles. The summed E-state index contributed by atoms with van der Waals surface area (Å²) in [5.74, 6) is -0.413. The molecule has 0 bridgehead atoms. The van der Waals surface area contributed by atoms with Crippen molar-refractivity contribution in [2.75, 3.05) is 38.7 Å². The van der Waals surface area contributed by atoms with Gasteiger partial charge in [0.1, 0.15) is 0 Å². The second kappa shape index (κ2) is 5.70. The first-order valence-electron chi connectivity index (χ1n) is 6.19. The minimum atomic E-state index is -4.47. The summed E-state index contributed by atoms with van der Waals surface area (Å²) in [7, 11) is 1.57. The van der Waals surface area contributed by atoms with Gasteiger partial charge in [0, 0.05) is 25.8 Å². The molecule has 0 atom stereocenters. The molecule has 7 heteroatoms. The van der Waals surface area contributed by atoms with E-state index < -0.39 is 17.6 Å². The van der Waals surface area contributed by atoms with Gasteiger partial charge in [-0.2, -0.15) is 13.2 Å². The van der Waals surface area contributed by atoms with Gasteiger partial charge in [-0.1, -0.05) is 0 Å².